The molecule has 0 atom stereocenters. The van der Waals surface area contributed by atoms with Gasteiger partial charge in [-0.2, -0.15) is 5.10 Å². The largest absolute Gasteiger partial charge is 0.377 e. The minimum atomic E-state index is -0.339. The number of rotatable bonds is 4. The number of aryl methyl sites for hydroxylation is 2. The maximum Gasteiger partial charge on any atom is 0.277 e. The summed E-state index contributed by atoms with van der Waals surface area (Å²) in [4.78, 5) is 11.9. The average molecular weight is 250 g/mol. The number of nitrogens with zero attached hydrogens (tertiary/aromatic N) is 2. The van der Waals surface area contributed by atoms with E-state index in [1.165, 1.54) is 0 Å². The van der Waals surface area contributed by atoms with E-state index in [4.69, 9.17) is 9.26 Å². The molecule has 0 radical (unpaired) electrons. The second-order valence-corrected chi connectivity index (χ2v) is 3.87. The van der Waals surface area contributed by atoms with Gasteiger partial charge in [-0.1, -0.05) is 5.16 Å². The van der Waals surface area contributed by atoms with Gasteiger partial charge in [-0.3, -0.25) is 9.89 Å². The summed E-state index contributed by atoms with van der Waals surface area (Å²) in [6.07, 6.45) is 0. The topological polar surface area (TPSA) is 93.0 Å². The molecule has 2 aromatic heterocycles. The lowest BCUT2D eigenvalue weighted by Crippen LogP contribution is -2.13. The maximum absolute atomic E-state index is 11.9. The molecule has 0 saturated carbocycles. The van der Waals surface area contributed by atoms with E-state index < -0.39 is 0 Å². The zero-order chi connectivity index (χ0) is 13.1. The Morgan fingerprint density at radius 3 is 2.94 bits per heavy atom. The molecule has 0 saturated heterocycles. The van der Waals surface area contributed by atoms with E-state index in [0.717, 1.165) is 11.4 Å². The number of carbonyl (C=O) groups excluding carboxylic acids is 1. The fourth-order valence-electron chi connectivity index (χ4n) is 1.54. The highest BCUT2D eigenvalue weighted by Crippen LogP contribution is 2.17. The van der Waals surface area contributed by atoms with Crippen molar-refractivity contribution in [2.45, 2.75) is 20.5 Å². The van der Waals surface area contributed by atoms with Gasteiger partial charge in [0.2, 0.25) is 0 Å². The highest BCUT2D eigenvalue weighted by molar-refractivity contribution is 6.03. The highest BCUT2D eigenvalue weighted by atomic mass is 16.5. The molecule has 96 valence electrons. The van der Waals surface area contributed by atoms with Crippen molar-refractivity contribution in [3.63, 3.8) is 0 Å². The number of nitrogens with one attached hydrogen (secondary N) is 2. The Morgan fingerprint density at radius 1 is 1.56 bits per heavy atom. The van der Waals surface area contributed by atoms with Gasteiger partial charge in [0.25, 0.3) is 5.91 Å². The Morgan fingerprint density at radius 2 is 2.33 bits per heavy atom. The zero-order valence-corrected chi connectivity index (χ0v) is 10.4. The van der Waals surface area contributed by atoms with Crippen LogP contribution in [-0.2, 0) is 11.3 Å². The molecule has 2 rings (SSSR count). The van der Waals surface area contributed by atoms with Crippen LogP contribution in [-0.4, -0.2) is 28.4 Å². The number of anilines is 1. The molecule has 18 heavy (non-hydrogen) atoms. The molecule has 2 N–H and O–H groups in total. The van der Waals surface area contributed by atoms with E-state index in [2.05, 4.69) is 20.7 Å². The predicted molar refractivity (Wildman–Crippen MR) is 63.2 cm³/mol. The third kappa shape index (κ3) is 2.40. The molecular formula is C11H14N4O3. The molecule has 0 unspecified atom stereocenters. The second kappa shape index (κ2) is 5.01. The monoisotopic (exact) mass is 250 g/mol. The molecule has 7 nitrogen and oxygen atoms in total. The SMILES string of the molecule is COCc1cc(C(=O)Nc2c(C)n[nH]c2C)no1. The Hall–Kier alpha value is -2.15. The van der Waals surface area contributed by atoms with Crippen LogP contribution in [0.3, 0.4) is 0 Å². The zero-order valence-electron chi connectivity index (χ0n) is 10.4. The van der Waals surface area contributed by atoms with Crippen molar-refractivity contribution >= 4 is 11.6 Å². The first-order valence-corrected chi connectivity index (χ1v) is 5.39. The second-order valence-electron chi connectivity index (χ2n) is 3.87. The number of aromatic nitrogens is 3. The summed E-state index contributed by atoms with van der Waals surface area (Å²) in [6, 6.07) is 1.55. The summed E-state index contributed by atoms with van der Waals surface area (Å²) >= 11 is 0. The van der Waals surface area contributed by atoms with Crippen LogP contribution in [0.1, 0.15) is 27.6 Å². The molecule has 0 aliphatic heterocycles. The van der Waals surface area contributed by atoms with Crippen LogP contribution in [0.15, 0.2) is 10.6 Å². The summed E-state index contributed by atoms with van der Waals surface area (Å²) in [5.74, 6) is 0.164. The minimum absolute atomic E-state index is 0.210. The lowest BCUT2D eigenvalue weighted by molar-refractivity contribution is 0.101. The summed E-state index contributed by atoms with van der Waals surface area (Å²) in [6.45, 7) is 3.91. The third-order valence-corrected chi connectivity index (χ3v) is 2.44. The molecule has 0 bridgehead atoms. The fourth-order valence-corrected chi connectivity index (χ4v) is 1.54. The summed E-state index contributed by atoms with van der Waals surface area (Å²) in [5.41, 5.74) is 2.39. The van der Waals surface area contributed by atoms with E-state index in [1.54, 1.807) is 20.1 Å². The van der Waals surface area contributed by atoms with Gasteiger partial charge in [-0.05, 0) is 13.8 Å². The molecule has 7 heteroatoms. The van der Waals surface area contributed by atoms with Crippen molar-refractivity contribution in [1.29, 1.82) is 0 Å². The first kappa shape index (κ1) is 12.3. The summed E-state index contributed by atoms with van der Waals surface area (Å²) in [5, 5.41) is 13.2. The number of hydrogen-bond acceptors (Lipinski definition) is 5. The average Bonchev–Trinajstić information content (AvgIpc) is 2.91. The number of amides is 1. The minimum Gasteiger partial charge on any atom is -0.377 e. The van der Waals surface area contributed by atoms with Crippen LogP contribution < -0.4 is 5.32 Å². The molecule has 2 aromatic rings. The Labute approximate surface area is 104 Å². The lowest BCUT2D eigenvalue weighted by Gasteiger charge is -2.01. The Kier molecular flexibility index (Phi) is 3.42. The number of carbonyl (C=O) groups is 1. The van der Waals surface area contributed by atoms with Crippen LogP contribution in [0.4, 0.5) is 5.69 Å². The third-order valence-electron chi connectivity index (χ3n) is 2.44. The van der Waals surface area contributed by atoms with Crippen molar-refractivity contribution < 1.29 is 14.1 Å². The molecule has 2 heterocycles. The molecule has 0 aromatic carbocycles. The number of methoxy groups -OCH3 is 1. The summed E-state index contributed by atoms with van der Waals surface area (Å²) in [7, 11) is 1.54. The van der Waals surface area contributed by atoms with Crippen molar-refractivity contribution in [1.82, 2.24) is 15.4 Å². The molecule has 0 fully saturated rings. The first-order chi connectivity index (χ1) is 8.61. The molecule has 0 aliphatic rings. The van der Waals surface area contributed by atoms with E-state index >= 15 is 0 Å². The summed E-state index contributed by atoms with van der Waals surface area (Å²) < 4.78 is 9.83. The number of ether oxygens (including phenoxy) is 1. The van der Waals surface area contributed by atoms with Gasteiger partial charge in [0.05, 0.1) is 17.1 Å². The van der Waals surface area contributed by atoms with Crippen molar-refractivity contribution in [2.24, 2.45) is 0 Å². The highest BCUT2D eigenvalue weighted by Gasteiger charge is 2.15. The van der Waals surface area contributed by atoms with Gasteiger partial charge >= 0.3 is 0 Å². The first-order valence-electron chi connectivity index (χ1n) is 5.39. The van der Waals surface area contributed by atoms with Gasteiger partial charge in [0.1, 0.15) is 6.61 Å². The number of H-pyrrole nitrogens is 1. The van der Waals surface area contributed by atoms with Crippen LogP contribution in [0.5, 0.6) is 0 Å². The maximum atomic E-state index is 11.9. The predicted octanol–water partition coefficient (Wildman–Crippen LogP) is 1.41. The molecule has 0 aliphatic carbocycles. The van der Waals surface area contributed by atoms with E-state index in [1.807, 2.05) is 6.92 Å². The van der Waals surface area contributed by atoms with Crippen molar-refractivity contribution in [2.75, 3.05) is 12.4 Å². The van der Waals surface area contributed by atoms with Crippen LogP contribution >= 0.6 is 0 Å². The Balaban J connectivity index is 2.12. The molecule has 0 spiro atoms. The number of aromatic amines is 1. The van der Waals surface area contributed by atoms with Crippen molar-refractivity contribution in [3.8, 4) is 0 Å². The van der Waals surface area contributed by atoms with Crippen LogP contribution in [0.2, 0.25) is 0 Å². The van der Waals surface area contributed by atoms with Gasteiger partial charge < -0.3 is 14.6 Å². The molecule has 1 amide bonds. The standard InChI is InChI=1S/C11H14N4O3/c1-6-10(7(2)14-13-6)12-11(16)9-4-8(5-17-3)18-15-9/h4H,5H2,1-3H3,(H,12,16)(H,13,14). The Bertz CT molecular complexity index is 539. The van der Waals surface area contributed by atoms with Crippen LogP contribution in [0.25, 0.3) is 0 Å². The van der Waals surface area contributed by atoms with Gasteiger partial charge in [-0.25, -0.2) is 0 Å². The smallest absolute Gasteiger partial charge is 0.277 e. The van der Waals surface area contributed by atoms with E-state index in [0.29, 0.717) is 11.4 Å². The fraction of sp³-hybridized carbons (Fsp3) is 0.364. The van der Waals surface area contributed by atoms with E-state index in [9.17, 15) is 4.79 Å². The quantitative estimate of drug-likeness (QED) is 0.855. The van der Waals surface area contributed by atoms with E-state index in [-0.39, 0.29) is 18.2 Å². The van der Waals surface area contributed by atoms with Gasteiger partial charge in [0, 0.05) is 13.2 Å². The van der Waals surface area contributed by atoms with Crippen LogP contribution in [0, 0.1) is 13.8 Å². The lowest BCUT2D eigenvalue weighted by atomic mass is 10.3. The van der Waals surface area contributed by atoms with Gasteiger partial charge in [-0.15, -0.1) is 0 Å². The number of hydrogen-bond donors (Lipinski definition) is 2. The van der Waals surface area contributed by atoms with Gasteiger partial charge in [0.15, 0.2) is 11.5 Å². The van der Waals surface area contributed by atoms with Crippen molar-refractivity contribution in [3.05, 3.63) is 28.9 Å². The molecular weight excluding hydrogens is 236 g/mol. The normalized spacial score (nSPS) is 10.6.